The zero-order valence-electron chi connectivity index (χ0n) is 17.6. The Hall–Kier alpha value is -2.83. The van der Waals surface area contributed by atoms with E-state index in [2.05, 4.69) is 47.9 Å². The van der Waals surface area contributed by atoms with Gasteiger partial charge in [-0.1, -0.05) is 43.0 Å². The summed E-state index contributed by atoms with van der Waals surface area (Å²) >= 11 is 0. The highest BCUT2D eigenvalue weighted by atomic mass is 16.5. The summed E-state index contributed by atoms with van der Waals surface area (Å²) in [4.78, 5) is 16.4. The molecule has 3 fully saturated rings. The topological polar surface area (TPSA) is 62.2 Å². The molecule has 2 aliphatic heterocycles. The molecule has 31 heavy (non-hydrogen) atoms. The van der Waals surface area contributed by atoms with E-state index in [9.17, 15) is 9.90 Å². The van der Waals surface area contributed by atoms with Crippen molar-refractivity contribution in [2.45, 2.75) is 24.5 Å². The fraction of sp³-hybridized carbons (Fsp3) is 0.400. The van der Waals surface area contributed by atoms with Crippen LogP contribution in [0.4, 0.5) is 0 Å². The molecule has 6 heteroatoms. The van der Waals surface area contributed by atoms with Crippen LogP contribution in [0, 0.1) is 0 Å². The van der Waals surface area contributed by atoms with Gasteiger partial charge in [-0.25, -0.2) is 0 Å². The van der Waals surface area contributed by atoms with Crippen LogP contribution in [0.25, 0.3) is 16.8 Å². The number of carbonyl (C=O) groups excluding carboxylic acids is 1. The summed E-state index contributed by atoms with van der Waals surface area (Å²) in [7, 11) is 0. The maximum atomic E-state index is 12.5. The molecule has 0 spiro atoms. The van der Waals surface area contributed by atoms with Crippen LogP contribution >= 0.6 is 0 Å². The SMILES string of the molecule is C=C(c1ccc(-c2cccc(OC3CC3)c2)cc1)N1CCN(C(=O)C2(O)COC2)CC1. The minimum atomic E-state index is -1.32. The Bertz CT molecular complexity index is 971. The lowest BCUT2D eigenvalue weighted by Crippen LogP contribution is -2.63. The lowest BCUT2D eigenvalue weighted by atomic mass is 10.00. The van der Waals surface area contributed by atoms with Crippen molar-refractivity contribution in [2.24, 2.45) is 0 Å². The van der Waals surface area contributed by atoms with Crippen molar-refractivity contribution in [3.8, 4) is 16.9 Å². The Morgan fingerprint density at radius 2 is 1.68 bits per heavy atom. The average Bonchev–Trinajstić information content (AvgIpc) is 3.61. The molecule has 1 aliphatic carbocycles. The molecule has 2 aromatic rings. The third-order valence-electron chi connectivity index (χ3n) is 6.24. The number of hydrogen-bond donors (Lipinski definition) is 1. The smallest absolute Gasteiger partial charge is 0.259 e. The van der Waals surface area contributed by atoms with Gasteiger partial charge in [-0.3, -0.25) is 4.79 Å². The van der Waals surface area contributed by atoms with Gasteiger partial charge in [0.05, 0.1) is 19.3 Å². The Morgan fingerprint density at radius 1 is 1.00 bits per heavy atom. The van der Waals surface area contributed by atoms with Crippen molar-refractivity contribution in [1.29, 1.82) is 0 Å². The first-order valence-electron chi connectivity index (χ1n) is 10.9. The van der Waals surface area contributed by atoms with Crippen LogP contribution in [0.1, 0.15) is 18.4 Å². The Morgan fingerprint density at radius 3 is 2.29 bits per heavy atom. The van der Waals surface area contributed by atoms with Crippen LogP contribution in [-0.4, -0.2) is 71.9 Å². The molecular weight excluding hydrogens is 392 g/mol. The van der Waals surface area contributed by atoms with E-state index in [-0.39, 0.29) is 19.1 Å². The number of ether oxygens (including phenoxy) is 2. The molecule has 2 heterocycles. The number of carbonyl (C=O) groups is 1. The molecule has 1 saturated carbocycles. The molecule has 0 atom stereocenters. The molecule has 0 bridgehead atoms. The molecule has 0 radical (unpaired) electrons. The lowest BCUT2D eigenvalue weighted by Gasteiger charge is -2.43. The van der Waals surface area contributed by atoms with Crippen LogP contribution in [0.5, 0.6) is 5.75 Å². The predicted octanol–water partition coefficient (Wildman–Crippen LogP) is 2.77. The maximum absolute atomic E-state index is 12.5. The van der Waals surface area contributed by atoms with Crippen LogP contribution in [0.15, 0.2) is 55.1 Å². The van der Waals surface area contributed by atoms with Crippen LogP contribution in [0.2, 0.25) is 0 Å². The minimum Gasteiger partial charge on any atom is -0.490 e. The van der Waals surface area contributed by atoms with Crippen LogP contribution in [-0.2, 0) is 9.53 Å². The Kier molecular flexibility index (Phi) is 5.20. The Balaban J connectivity index is 1.20. The van der Waals surface area contributed by atoms with Crippen molar-refractivity contribution in [2.75, 3.05) is 39.4 Å². The quantitative estimate of drug-likeness (QED) is 0.779. The second-order valence-electron chi connectivity index (χ2n) is 8.67. The summed E-state index contributed by atoms with van der Waals surface area (Å²) in [5, 5.41) is 10.2. The van der Waals surface area contributed by atoms with Gasteiger partial charge in [0.1, 0.15) is 5.75 Å². The van der Waals surface area contributed by atoms with E-state index in [1.54, 1.807) is 4.90 Å². The molecular formula is C25H28N2O4. The van der Waals surface area contributed by atoms with E-state index in [1.807, 2.05) is 12.1 Å². The predicted molar refractivity (Wildman–Crippen MR) is 118 cm³/mol. The van der Waals surface area contributed by atoms with Gasteiger partial charge in [0, 0.05) is 31.9 Å². The van der Waals surface area contributed by atoms with Crippen LogP contribution in [0.3, 0.4) is 0 Å². The number of hydrogen-bond acceptors (Lipinski definition) is 5. The van der Waals surface area contributed by atoms with E-state index >= 15 is 0 Å². The van der Waals surface area contributed by atoms with Gasteiger partial charge in [-0.15, -0.1) is 0 Å². The van der Waals surface area contributed by atoms with E-state index in [4.69, 9.17) is 9.47 Å². The van der Waals surface area contributed by atoms with Crippen molar-refractivity contribution >= 4 is 11.6 Å². The summed E-state index contributed by atoms with van der Waals surface area (Å²) < 4.78 is 10.9. The molecule has 162 valence electrons. The number of aliphatic hydroxyl groups is 1. The fourth-order valence-electron chi connectivity index (χ4n) is 4.06. The third kappa shape index (κ3) is 4.18. The monoisotopic (exact) mass is 420 g/mol. The zero-order chi connectivity index (χ0) is 21.4. The van der Waals surface area contributed by atoms with Gasteiger partial charge >= 0.3 is 0 Å². The first-order chi connectivity index (χ1) is 15.0. The molecule has 0 aromatic heterocycles. The summed E-state index contributed by atoms with van der Waals surface area (Å²) in [6.45, 7) is 7.03. The number of nitrogens with zero attached hydrogens (tertiary/aromatic N) is 2. The summed E-state index contributed by atoms with van der Waals surface area (Å²) in [6, 6.07) is 16.7. The number of amides is 1. The average molecular weight is 421 g/mol. The highest BCUT2D eigenvalue weighted by molar-refractivity contribution is 5.86. The number of rotatable bonds is 6. The maximum Gasteiger partial charge on any atom is 0.259 e. The summed E-state index contributed by atoms with van der Waals surface area (Å²) in [5.74, 6) is 0.709. The Labute approximate surface area is 182 Å². The van der Waals surface area contributed by atoms with Crippen molar-refractivity contribution in [3.05, 3.63) is 60.7 Å². The lowest BCUT2D eigenvalue weighted by molar-refractivity contribution is -0.201. The third-order valence-corrected chi connectivity index (χ3v) is 6.24. The highest BCUT2D eigenvalue weighted by Crippen LogP contribution is 2.31. The van der Waals surface area contributed by atoms with Gasteiger partial charge in [-0.05, 0) is 41.7 Å². The normalized spacial score (nSPS) is 20.2. The van der Waals surface area contributed by atoms with Gasteiger partial charge in [0.2, 0.25) is 0 Å². The first-order valence-corrected chi connectivity index (χ1v) is 10.9. The van der Waals surface area contributed by atoms with E-state index < -0.39 is 5.60 Å². The zero-order valence-corrected chi connectivity index (χ0v) is 17.6. The van der Waals surface area contributed by atoms with Crippen molar-refractivity contribution in [1.82, 2.24) is 9.80 Å². The van der Waals surface area contributed by atoms with Gasteiger partial charge < -0.3 is 24.4 Å². The molecule has 1 N–H and O–H groups in total. The molecule has 2 aromatic carbocycles. The molecule has 6 nitrogen and oxygen atoms in total. The van der Waals surface area contributed by atoms with E-state index in [0.29, 0.717) is 32.3 Å². The second kappa shape index (κ2) is 8.02. The second-order valence-corrected chi connectivity index (χ2v) is 8.67. The van der Waals surface area contributed by atoms with E-state index in [1.165, 1.54) is 0 Å². The molecule has 5 rings (SSSR count). The summed E-state index contributed by atoms with van der Waals surface area (Å²) in [6.07, 6.45) is 2.69. The van der Waals surface area contributed by atoms with Gasteiger partial charge in [-0.2, -0.15) is 0 Å². The fourth-order valence-corrected chi connectivity index (χ4v) is 4.06. The van der Waals surface area contributed by atoms with Crippen molar-refractivity contribution in [3.63, 3.8) is 0 Å². The van der Waals surface area contributed by atoms with Gasteiger partial charge in [0.25, 0.3) is 5.91 Å². The first kappa shape index (κ1) is 20.1. The molecule has 0 unspecified atom stereocenters. The highest BCUT2D eigenvalue weighted by Gasteiger charge is 2.46. The van der Waals surface area contributed by atoms with Gasteiger partial charge in [0.15, 0.2) is 5.60 Å². The number of piperazine rings is 1. The van der Waals surface area contributed by atoms with Crippen molar-refractivity contribution < 1.29 is 19.4 Å². The van der Waals surface area contributed by atoms with Crippen LogP contribution < -0.4 is 4.74 Å². The number of benzene rings is 2. The molecule has 2 saturated heterocycles. The largest absolute Gasteiger partial charge is 0.490 e. The minimum absolute atomic E-state index is 0.0979. The van der Waals surface area contributed by atoms with E-state index in [0.717, 1.165) is 41.0 Å². The summed E-state index contributed by atoms with van der Waals surface area (Å²) in [5.41, 5.74) is 2.98. The molecule has 1 amide bonds. The standard InChI is InChI=1S/C25H28N2O4/c1-18(26-11-13-27(14-12-26)24(28)25(29)16-30-17-25)19-5-7-20(8-6-19)21-3-2-4-23(15-21)31-22-9-10-22/h2-8,15,22,29H,1,9-14,16-17H2. The molecule has 3 aliphatic rings.